The Morgan fingerprint density at radius 1 is 1.67 bits per heavy atom. The Labute approximate surface area is 111 Å². The van der Waals surface area contributed by atoms with Crippen LogP contribution in [0.15, 0.2) is 12.7 Å². The Hall–Kier alpha value is -0.870. The van der Waals surface area contributed by atoms with Gasteiger partial charge in [0.2, 0.25) is 5.91 Å². The second-order valence-electron chi connectivity index (χ2n) is 5.01. The van der Waals surface area contributed by atoms with Gasteiger partial charge in [0.25, 0.3) is 0 Å². The predicted octanol–water partition coefficient (Wildman–Crippen LogP) is 0.999. The summed E-state index contributed by atoms with van der Waals surface area (Å²) in [5.74, 6) is 0.772. The van der Waals surface area contributed by atoms with Crippen LogP contribution >= 0.6 is 0 Å². The van der Waals surface area contributed by atoms with E-state index in [4.69, 9.17) is 0 Å². The molecule has 0 aromatic carbocycles. The van der Waals surface area contributed by atoms with Gasteiger partial charge in [-0.1, -0.05) is 13.0 Å². The maximum Gasteiger partial charge on any atom is 0.237 e. The lowest BCUT2D eigenvalue weighted by Gasteiger charge is -2.32. The van der Waals surface area contributed by atoms with Crippen molar-refractivity contribution in [2.45, 2.75) is 32.7 Å². The fraction of sp³-hybridized carbons (Fsp3) is 0.786. The SMILES string of the molecule is C=CCNC(=O)C(C)N(CC)CC1CCCNC1. The van der Waals surface area contributed by atoms with Crippen LogP contribution in [0, 0.1) is 5.92 Å². The summed E-state index contributed by atoms with van der Waals surface area (Å²) in [6.07, 6.45) is 4.23. The molecule has 0 aromatic rings. The van der Waals surface area contributed by atoms with Gasteiger partial charge < -0.3 is 10.6 Å². The first-order valence-corrected chi connectivity index (χ1v) is 7.02. The zero-order valence-electron chi connectivity index (χ0n) is 11.7. The van der Waals surface area contributed by atoms with Gasteiger partial charge in [0.05, 0.1) is 6.04 Å². The number of amides is 1. The van der Waals surface area contributed by atoms with E-state index in [2.05, 4.69) is 29.0 Å². The summed E-state index contributed by atoms with van der Waals surface area (Å²) < 4.78 is 0. The third-order valence-corrected chi connectivity index (χ3v) is 3.65. The molecular formula is C14H27N3O. The molecule has 0 radical (unpaired) electrons. The Morgan fingerprint density at radius 2 is 2.44 bits per heavy atom. The maximum atomic E-state index is 11.9. The number of carbonyl (C=O) groups is 1. The van der Waals surface area contributed by atoms with Crippen molar-refractivity contribution in [3.8, 4) is 0 Å². The monoisotopic (exact) mass is 253 g/mol. The average molecular weight is 253 g/mol. The van der Waals surface area contributed by atoms with Crippen LogP contribution in [-0.2, 0) is 4.79 Å². The van der Waals surface area contributed by atoms with E-state index in [0.29, 0.717) is 12.5 Å². The van der Waals surface area contributed by atoms with Crippen molar-refractivity contribution in [3.05, 3.63) is 12.7 Å². The van der Waals surface area contributed by atoms with Crippen molar-refractivity contribution in [2.75, 3.05) is 32.7 Å². The topological polar surface area (TPSA) is 44.4 Å². The van der Waals surface area contributed by atoms with Crippen molar-refractivity contribution < 1.29 is 4.79 Å². The first-order chi connectivity index (χ1) is 8.69. The minimum Gasteiger partial charge on any atom is -0.351 e. The van der Waals surface area contributed by atoms with Gasteiger partial charge in [-0.05, 0) is 45.3 Å². The molecule has 1 heterocycles. The van der Waals surface area contributed by atoms with Gasteiger partial charge in [-0.25, -0.2) is 0 Å². The van der Waals surface area contributed by atoms with E-state index in [1.807, 2.05) is 6.92 Å². The van der Waals surface area contributed by atoms with Gasteiger partial charge in [0, 0.05) is 13.1 Å². The van der Waals surface area contributed by atoms with E-state index in [0.717, 1.165) is 26.2 Å². The maximum absolute atomic E-state index is 11.9. The van der Waals surface area contributed by atoms with Gasteiger partial charge in [0.1, 0.15) is 0 Å². The summed E-state index contributed by atoms with van der Waals surface area (Å²) in [7, 11) is 0. The average Bonchev–Trinajstić information content (AvgIpc) is 2.42. The number of rotatable bonds is 7. The smallest absolute Gasteiger partial charge is 0.237 e. The fourth-order valence-electron chi connectivity index (χ4n) is 2.46. The molecule has 2 N–H and O–H groups in total. The van der Waals surface area contributed by atoms with E-state index in [-0.39, 0.29) is 11.9 Å². The number of nitrogens with zero attached hydrogens (tertiary/aromatic N) is 1. The lowest BCUT2D eigenvalue weighted by Crippen LogP contribution is -2.48. The van der Waals surface area contributed by atoms with E-state index >= 15 is 0 Å². The first kappa shape index (κ1) is 15.2. The number of likely N-dealkylation sites (N-methyl/N-ethyl adjacent to an activating group) is 1. The second-order valence-corrected chi connectivity index (χ2v) is 5.01. The molecule has 0 aromatic heterocycles. The lowest BCUT2D eigenvalue weighted by atomic mass is 9.98. The highest BCUT2D eigenvalue weighted by Crippen LogP contribution is 2.13. The largest absolute Gasteiger partial charge is 0.351 e. The summed E-state index contributed by atoms with van der Waals surface area (Å²) in [5, 5.41) is 6.30. The van der Waals surface area contributed by atoms with Crippen molar-refractivity contribution in [1.82, 2.24) is 15.5 Å². The zero-order valence-corrected chi connectivity index (χ0v) is 11.7. The Bertz CT molecular complexity index is 262. The molecule has 1 rings (SSSR count). The van der Waals surface area contributed by atoms with E-state index in [1.165, 1.54) is 12.8 Å². The zero-order chi connectivity index (χ0) is 13.4. The van der Waals surface area contributed by atoms with Crippen LogP contribution in [0.2, 0.25) is 0 Å². The first-order valence-electron chi connectivity index (χ1n) is 7.02. The molecule has 1 saturated heterocycles. The molecule has 1 aliphatic heterocycles. The predicted molar refractivity (Wildman–Crippen MR) is 75.5 cm³/mol. The van der Waals surface area contributed by atoms with Crippen LogP contribution in [0.5, 0.6) is 0 Å². The molecule has 4 heteroatoms. The van der Waals surface area contributed by atoms with E-state index in [9.17, 15) is 4.79 Å². The van der Waals surface area contributed by atoms with Gasteiger partial charge >= 0.3 is 0 Å². The highest BCUT2D eigenvalue weighted by atomic mass is 16.2. The molecule has 0 saturated carbocycles. The molecule has 0 aliphatic carbocycles. The fourth-order valence-corrected chi connectivity index (χ4v) is 2.46. The number of carbonyl (C=O) groups excluding carboxylic acids is 1. The van der Waals surface area contributed by atoms with Gasteiger partial charge in [0.15, 0.2) is 0 Å². The number of hydrogen-bond donors (Lipinski definition) is 2. The van der Waals surface area contributed by atoms with Crippen molar-refractivity contribution in [3.63, 3.8) is 0 Å². The normalized spacial score (nSPS) is 21.6. The quantitative estimate of drug-likeness (QED) is 0.665. The summed E-state index contributed by atoms with van der Waals surface area (Å²) in [4.78, 5) is 14.2. The van der Waals surface area contributed by atoms with Gasteiger partial charge in [-0.2, -0.15) is 0 Å². The molecule has 18 heavy (non-hydrogen) atoms. The van der Waals surface area contributed by atoms with E-state index in [1.54, 1.807) is 6.08 Å². The molecule has 2 atom stereocenters. The van der Waals surface area contributed by atoms with Crippen LogP contribution in [0.25, 0.3) is 0 Å². The molecular weight excluding hydrogens is 226 g/mol. The molecule has 0 bridgehead atoms. The number of nitrogens with one attached hydrogen (secondary N) is 2. The molecule has 104 valence electrons. The Morgan fingerprint density at radius 3 is 3.00 bits per heavy atom. The number of hydrogen-bond acceptors (Lipinski definition) is 3. The minimum atomic E-state index is -0.0584. The van der Waals surface area contributed by atoms with Crippen molar-refractivity contribution in [2.24, 2.45) is 5.92 Å². The summed E-state index contributed by atoms with van der Waals surface area (Å²) in [6.45, 7) is 12.4. The summed E-state index contributed by atoms with van der Waals surface area (Å²) >= 11 is 0. The Balaban J connectivity index is 2.42. The lowest BCUT2D eigenvalue weighted by molar-refractivity contribution is -0.125. The van der Waals surface area contributed by atoms with Crippen LogP contribution in [0.1, 0.15) is 26.7 Å². The summed E-state index contributed by atoms with van der Waals surface area (Å²) in [5.41, 5.74) is 0. The second kappa shape index (κ2) is 8.27. The molecule has 2 unspecified atom stereocenters. The third-order valence-electron chi connectivity index (χ3n) is 3.65. The minimum absolute atomic E-state index is 0.0584. The molecule has 1 amide bonds. The molecule has 1 fully saturated rings. The molecule has 1 aliphatic rings. The third kappa shape index (κ3) is 4.78. The standard InChI is InChI=1S/C14H27N3O/c1-4-8-16-14(18)12(3)17(5-2)11-13-7-6-9-15-10-13/h4,12-13,15H,1,5-11H2,2-3H3,(H,16,18). The number of piperidine rings is 1. The summed E-state index contributed by atoms with van der Waals surface area (Å²) in [6, 6.07) is -0.0584. The van der Waals surface area contributed by atoms with E-state index < -0.39 is 0 Å². The molecule has 0 spiro atoms. The van der Waals surface area contributed by atoms with Crippen LogP contribution < -0.4 is 10.6 Å². The molecule has 4 nitrogen and oxygen atoms in total. The van der Waals surface area contributed by atoms with Crippen molar-refractivity contribution in [1.29, 1.82) is 0 Å². The van der Waals surface area contributed by atoms with Crippen LogP contribution in [0.4, 0.5) is 0 Å². The van der Waals surface area contributed by atoms with Gasteiger partial charge in [-0.3, -0.25) is 9.69 Å². The van der Waals surface area contributed by atoms with Crippen LogP contribution in [-0.4, -0.2) is 49.6 Å². The Kier molecular flexibility index (Phi) is 6.98. The van der Waals surface area contributed by atoms with Gasteiger partial charge in [-0.15, -0.1) is 6.58 Å². The van der Waals surface area contributed by atoms with Crippen LogP contribution in [0.3, 0.4) is 0 Å². The highest BCUT2D eigenvalue weighted by molar-refractivity contribution is 5.81. The van der Waals surface area contributed by atoms with Crippen molar-refractivity contribution >= 4 is 5.91 Å². The highest BCUT2D eigenvalue weighted by Gasteiger charge is 2.23.